The molecule has 2 heterocycles. The van der Waals surface area contributed by atoms with Crippen molar-refractivity contribution in [2.75, 3.05) is 34.2 Å². The Morgan fingerprint density at radius 2 is 1.76 bits per heavy atom. The van der Waals surface area contributed by atoms with Crippen molar-refractivity contribution in [3.05, 3.63) is 83.2 Å². The summed E-state index contributed by atoms with van der Waals surface area (Å²) in [4.78, 5) is 11.2. The van der Waals surface area contributed by atoms with Crippen molar-refractivity contribution in [3.8, 4) is 6.07 Å². The van der Waals surface area contributed by atoms with Gasteiger partial charge in [0.15, 0.2) is 0 Å². The third-order valence-electron chi connectivity index (χ3n) is 9.71. The molecule has 0 saturated heterocycles. The average molecular weight is 623 g/mol. The molecule has 0 radical (unpaired) electrons. The van der Waals surface area contributed by atoms with Crippen molar-refractivity contribution in [2.24, 2.45) is 10.4 Å². The van der Waals surface area contributed by atoms with Crippen LogP contribution in [0.2, 0.25) is 0 Å². The molecule has 244 valence electrons. The Labute approximate surface area is 267 Å². The van der Waals surface area contributed by atoms with Gasteiger partial charge in [0, 0.05) is 44.4 Å². The first-order valence-corrected chi connectivity index (χ1v) is 16.2. The van der Waals surface area contributed by atoms with Gasteiger partial charge in [0.2, 0.25) is 0 Å². The third kappa shape index (κ3) is 7.49. The Kier molecular flexibility index (Phi) is 10.9. The fraction of sp³-hybridized carbons (Fsp3) is 0.556. The molecule has 45 heavy (non-hydrogen) atoms. The molecule has 9 heteroatoms. The lowest BCUT2D eigenvalue weighted by atomic mass is 9.89. The van der Waals surface area contributed by atoms with E-state index in [4.69, 9.17) is 4.99 Å². The minimum atomic E-state index is -3.31. The first-order valence-electron chi connectivity index (χ1n) is 16.2. The lowest BCUT2D eigenvalue weighted by Crippen LogP contribution is -2.38. The van der Waals surface area contributed by atoms with Crippen molar-refractivity contribution in [1.82, 2.24) is 20.0 Å². The summed E-state index contributed by atoms with van der Waals surface area (Å²) in [7, 11) is 5.94. The van der Waals surface area contributed by atoms with Gasteiger partial charge >= 0.3 is 0 Å². The highest BCUT2D eigenvalue weighted by Gasteiger charge is 2.49. The highest BCUT2D eigenvalue weighted by atomic mass is 19.3. The summed E-state index contributed by atoms with van der Waals surface area (Å²) in [5.41, 5.74) is 1.21. The fourth-order valence-corrected chi connectivity index (χ4v) is 6.47. The lowest BCUT2D eigenvalue weighted by molar-refractivity contribution is -0.0210. The highest BCUT2D eigenvalue weighted by Crippen LogP contribution is 2.55. The van der Waals surface area contributed by atoms with E-state index in [0.29, 0.717) is 12.4 Å². The lowest BCUT2D eigenvalue weighted by Gasteiger charge is -2.39. The maximum atomic E-state index is 15.9. The van der Waals surface area contributed by atoms with Gasteiger partial charge in [0.05, 0.1) is 28.7 Å². The third-order valence-corrected chi connectivity index (χ3v) is 9.71. The number of hydrogen-bond acceptors (Lipinski definition) is 6. The Morgan fingerprint density at radius 1 is 1.04 bits per heavy atom. The first-order chi connectivity index (χ1) is 21.4. The van der Waals surface area contributed by atoms with Crippen LogP contribution in [0.5, 0.6) is 0 Å². The van der Waals surface area contributed by atoms with Crippen molar-refractivity contribution < 1.29 is 13.2 Å². The second-order valence-corrected chi connectivity index (χ2v) is 13.0. The molecule has 3 aliphatic rings. The van der Waals surface area contributed by atoms with Gasteiger partial charge in [0.25, 0.3) is 5.92 Å². The molecule has 2 bridgehead atoms. The number of allylic oxidation sites excluding steroid dienone is 1. The molecule has 1 aromatic rings. The fourth-order valence-electron chi connectivity index (χ4n) is 6.47. The van der Waals surface area contributed by atoms with E-state index in [0.717, 1.165) is 74.2 Å². The maximum absolute atomic E-state index is 15.9. The predicted molar refractivity (Wildman–Crippen MR) is 176 cm³/mol. The molecule has 1 aromatic carbocycles. The highest BCUT2D eigenvalue weighted by molar-refractivity contribution is 6.03. The van der Waals surface area contributed by atoms with Gasteiger partial charge in [-0.15, -0.1) is 0 Å². The minimum absolute atomic E-state index is 0.0936. The maximum Gasteiger partial charge on any atom is 0.276 e. The standard InChI is InChI=1S/C36H49F3N6/c1-8-41-33-29-23-31(35(24-40)19-20-35)27(4)45(7)34(29)44(6)21-12-10-9-11-15-25(2)43(5)22-14-18-36(38,39)30-17-13-16-28(32(30)37)26(3)42-33/h8,13,16-17,23,25-26H,1,4,9-12,14-15,18-22H2,2-3,5-7H3,(H,41,42)/t25?,26-/m1/s1. The molecule has 1 aliphatic carbocycles. The molecule has 0 aromatic heterocycles. The van der Waals surface area contributed by atoms with E-state index in [1.54, 1.807) is 6.92 Å². The zero-order valence-corrected chi connectivity index (χ0v) is 27.6. The molecule has 4 rings (SSSR count). The quantitative estimate of drug-likeness (QED) is 0.362. The first kappa shape index (κ1) is 34.4. The van der Waals surface area contributed by atoms with Gasteiger partial charge in [-0.2, -0.15) is 5.26 Å². The molecule has 1 saturated carbocycles. The molecule has 1 unspecified atom stereocenters. The van der Waals surface area contributed by atoms with Crippen LogP contribution >= 0.6 is 0 Å². The van der Waals surface area contributed by atoms with E-state index in [1.165, 1.54) is 24.4 Å². The zero-order valence-electron chi connectivity index (χ0n) is 27.6. The largest absolute Gasteiger partial charge is 0.360 e. The zero-order chi connectivity index (χ0) is 32.9. The topological polar surface area (TPSA) is 57.9 Å². The average Bonchev–Trinajstić information content (AvgIpc) is 3.80. The van der Waals surface area contributed by atoms with Crippen LogP contribution in [0.4, 0.5) is 13.2 Å². The van der Waals surface area contributed by atoms with Crippen molar-refractivity contribution in [1.29, 1.82) is 5.26 Å². The number of amidine groups is 1. The smallest absolute Gasteiger partial charge is 0.276 e. The Hall–Kier alpha value is -3.51. The van der Waals surface area contributed by atoms with Crippen LogP contribution in [0.3, 0.4) is 0 Å². The van der Waals surface area contributed by atoms with E-state index in [2.05, 4.69) is 41.3 Å². The molecule has 0 spiro atoms. The summed E-state index contributed by atoms with van der Waals surface area (Å²) in [6.45, 7) is 13.4. The molecule has 2 aliphatic heterocycles. The number of rotatable bonds is 2. The summed E-state index contributed by atoms with van der Waals surface area (Å²) in [5, 5.41) is 13.2. The number of nitrogens with zero attached hydrogens (tertiary/aromatic N) is 5. The van der Waals surface area contributed by atoms with Gasteiger partial charge in [-0.25, -0.2) is 13.2 Å². The van der Waals surface area contributed by atoms with Crippen LogP contribution in [0, 0.1) is 22.6 Å². The molecule has 2 atom stereocenters. The number of halogens is 3. The Balaban J connectivity index is 1.83. The van der Waals surface area contributed by atoms with Gasteiger partial charge in [-0.3, -0.25) is 4.99 Å². The van der Waals surface area contributed by atoms with Crippen LogP contribution < -0.4 is 5.32 Å². The van der Waals surface area contributed by atoms with Gasteiger partial charge in [0.1, 0.15) is 17.5 Å². The number of nitriles is 1. The normalized spacial score (nSPS) is 25.3. The summed E-state index contributed by atoms with van der Waals surface area (Å²) < 4.78 is 46.9. The van der Waals surface area contributed by atoms with E-state index in [1.807, 2.05) is 32.1 Å². The van der Waals surface area contributed by atoms with Gasteiger partial charge in [-0.05, 0) is 77.4 Å². The number of benzene rings is 1. The Morgan fingerprint density at radius 3 is 2.42 bits per heavy atom. The van der Waals surface area contributed by atoms with Gasteiger partial charge in [-0.1, -0.05) is 50.6 Å². The van der Waals surface area contributed by atoms with Gasteiger partial charge < -0.3 is 20.0 Å². The van der Waals surface area contributed by atoms with E-state index >= 15 is 13.2 Å². The molecular formula is C36H49F3N6. The van der Waals surface area contributed by atoms with Crippen LogP contribution in [-0.2, 0) is 5.92 Å². The molecule has 1 N–H and O–H groups in total. The molecule has 0 amide bonds. The number of hydrogen-bond donors (Lipinski definition) is 1. The van der Waals surface area contributed by atoms with E-state index in [9.17, 15) is 5.26 Å². The van der Waals surface area contributed by atoms with Crippen molar-refractivity contribution in [3.63, 3.8) is 0 Å². The summed E-state index contributed by atoms with van der Waals surface area (Å²) in [5.74, 6) is -2.97. The molecule has 6 nitrogen and oxygen atoms in total. The summed E-state index contributed by atoms with van der Waals surface area (Å²) in [6, 6.07) is 6.16. The summed E-state index contributed by atoms with van der Waals surface area (Å²) in [6.07, 6.45) is 10.0. The second kappa shape index (κ2) is 14.3. The minimum Gasteiger partial charge on any atom is -0.360 e. The number of aliphatic imine (C=N–C) groups is 1. The Bertz CT molecular complexity index is 1400. The van der Waals surface area contributed by atoms with Crippen LogP contribution in [0.25, 0.3) is 0 Å². The number of nitrogens with one attached hydrogen (secondary N) is 1. The van der Waals surface area contributed by atoms with E-state index in [-0.39, 0.29) is 18.0 Å². The van der Waals surface area contributed by atoms with Crippen LogP contribution in [0.15, 0.2) is 71.3 Å². The molecular weight excluding hydrogens is 573 g/mol. The molecule has 1 fully saturated rings. The number of likely N-dealkylation sites (N-methyl/N-ethyl adjacent to an activating group) is 1. The summed E-state index contributed by atoms with van der Waals surface area (Å²) >= 11 is 0. The SMILES string of the molecule is C=CNC1=N[C@H](C)c2cccc(c2F)C(F)(F)CCCN(C)C(C)CCCCCCN(C)C2=C1C=C(C1(C#N)CC1)C(=C)N2C. The van der Waals surface area contributed by atoms with Crippen molar-refractivity contribution >= 4 is 5.84 Å². The number of alkyl halides is 2. The number of fused-ring (bicyclic) bond motifs is 2. The monoisotopic (exact) mass is 622 g/mol. The predicted octanol–water partition coefficient (Wildman–Crippen LogP) is 8.01. The van der Waals surface area contributed by atoms with Crippen molar-refractivity contribution in [2.45, 2.75) is 89.6 Å². The van der Waals surface area contributed by atoms with Crippen LogP contribution in [-0.4, -0.2) is 60.8 Å². The van der Waals surface area contributed by atoms with Crippen LogP contribution in [0.1, 0.15) is 88.8 Å². The second-order valence-electron chi connectivity index (χ2n) is 13.0. The van der Waals surface area contributed by atoms with E-state index < -0.39 is 35.2 Å².